The average Bonchev–Trinajstić information content (AvgIpc) is 3.09. The first-order valence-corrected chi connectivity index (χ1v) is 9.08. The first-order chi connectivity index (χ1) is 12.0. The Balaban J connectivity index is 1.62. The molecule has 0 aromatic carbocycles. The summed E-state index contributed by atoms with van der Waals surface area (Å²) in [4.78, 5) is 30.3. The molecule has 4 atom stereocenters. The van der Waals surface area contributed by atoms with Crippen molar-refractivity contribution in [2.45, 2.75) is 45.1 Å². The first kappa shape index (κ1) is 17.6. The van der Waals surface area contributed by atoms with Gasteiger partial charge in [-0.1, -0.05) is 26.0 Å². The minimum atomic E-state index is -0.262. The van der Waals surface area contributed by atoms with Gasteiger partial charge in [0.15, 0.2) is 0 Å². The van der Waals surface area contributed by atoms with Crippen LogP contribution in [0.5, 0.6) is 0 Å². The molecule has 1 saturated heterocycles. The minimum absolute atomic E-state index is 0.0370. The molecule has 0 saturated carbocycles. The molecule has 3 rings (SSSR count). The van der Waals surface area contributed by atoms with Gasteiger partial charge in [-0.25, -0.2) is 4.79 Å². The molecule has 5 heteroatoms. The van der Waals surface area contributed by atoms with Crippen molar-refractivity contribution < 1.29 is 14.3 Å². The lowest BCUT2D eigenvalue weighted by atomic mass is 9.86. The van der Waals surface area contributed by atoms with E-state index in [9.17, 15) is 9.59 Å². The molecule has 1 aliphatic heterocycles. The van der Waals surface area contributed by atoms with Gasteiger partial charge in [-0.3, -0.25) is 9.78 Å². The SMILES string of the molecule is CC1/C=C/CC(=O)CC(C)C1OC(=O)N1CCC(c2ccncc2)C1. The molecule has 0 bridgehead atoms. The molecule has 1 aromatic heterocycles. The molecule has 5 nitrogen and oxygen atoms in total. The first-order valence-electron chi connectivity index (χ1n) is 9.08. The highest BCUT2D eigenvalue weighted by molar-refractivity contribution is 5.80. The average molecular weight is 342 g/mol. The number of carbonyl (C=O) groups excluding carboxylic acids is 2. The molecule has 1 fully saturated rings. The van der Waals surface area contributed by atoms with Gasteiger partial charge in [0.2, 0.25) is 0 Å². The quantitative estimate of drug-likeness (QED) is 0.771. The van der Waals surface area contributed by atoms with E-state index in [4.69, 9.17) is 4.74 Å². The van der Waals surface area contributed by atoms with Crippen LogP contribution in [0.1, 0.15) is 44.6 Å². The number of hydrogen-bond acceptors (Lipinski definition) is 4. The zero-order chi connectivity index (χ0) is 17.8. The fourth-order valence-electron chi connectivity index (χ4n) is 3.85. The number of ketones is 1. The Morgan fingerprint density at radius 3 is 2.80 bits per heavy atom. The van der Waals surface area contributed by atoms with Crippen molar-refractivity contribution in [2.75, 3.05) is 13.1 Å². The molecule has 0 radical (unpaired) electrons. The summed E-state index contributed by atoms with van der Waals surface area (Å²) >= 11 is 0. The number of aromatic nitrogens is 1. The summed E-state index contributed by atoms with van der Waals surface area (Å²) in [5.74, 6) is 0.695. The fourth-order valence-corrected chi connectivity index (χ4v) is 3.85. The third-order valence-corrected chi connectivity index (χ3v) is 5.27. The van der Waals surface area contributed by atoms with Crippen molar-refractivity contribution in [3.63, 3.8) is 0 Å². The molecule has 4 unspecified atom stereocenters. The van der Waals surface area contributed by atoms with Crippen molar-refractivity contribution in [1.82, 2.24) is 9.88 Å². The number of pyridine rings is 1. The molecule has 0 spiro atoms. The van der Waals surface area contributed by atoms with Gasteiger partial charge in [0, 0.05) is 56.1 Å². The van der Waals surface area contributed by atoms with E-state index in [1.807, 2.05) is 38.1 Å². The van der Waals surface area contributed by atoms with Crippen LogP contribution in [0.2, 0.25) is 0 Å². The third-order valence-electron chi connectivity index (χ3n) is 5.27. The molecular formula is C20H26N2O3. The zero-order valence-electron chi connectivity index (χ0n) is 14.9. The molecule has 1 aromatic rings. The molecule has 134 valence electrons. The standard InChI is InChI=1S/C20H26N2O3/c1-14-4-3-5-18(23)12-15(2)19(14)25-20(24)22-11-8-17(13-22)16-6-9-21-10-7-16/h3-4,6-7,9-10,14-15,17,19H,5,8,11-13H2,1-2H3/b4-3+. The van der Waals surface area contributed by atoms with Crippen LogP contribution in [0.25, 0.3) is 0 Å². The summed E-state index contributed by atoms with van der Waals surface area (Å²) in [7, 11) is 0. The topological polar surface area (TPSA) is 59.5 Å². The third kappa shape index (κ3) is 4.27. The van der Waals surface area contributed by atoms with Crippen LogP contribution >= 0.6 is 0 Å². The number of hydrogen-bond donors (Lipinski definition) is 0. The molecule has 25 heavy (non-hydrogen) atoms. The number of likely N-dealkylation sites (tertiary alicyclic amines) is 1. The van der Waals surface area contributed by atoms with E-state index in [1.165, 1.54) is 5.56 Å². The highest BCUT2D eigenvalue weighted by Gasteiger charge is 2.33. The number of Topliss-reactive ketones (excluding diaryl/α,β-unsaturated/α-hetero) is 1. The monoisotopic (exact) mass is 342 g/mol. The molecule has 1 aliphatic carbocycles. The maximum absolute atomic E-state index is 12.6. The normalized spacial score (nSPS) is 31.3. The van der Waals surface area contributed by atoms with Gasteiger partial charge in [-0.05, 0) is 24.1 Å². The highest BCUT2D eigenvalue weighted by atomic mass is 16.6. The Labute approximate surface area is 149 Å². The second kappa shape index (κ2) is 7.81. The molecule has 2 heterocycles. The van der Waals surface area contributed by atoms with Crippen LogP contribution in [0, 0.1) is 11.8 Å². The Morgan fingerprint density at radius 2 is 2.04 bits per heavy atom. The van der Waals surface area contributed by atoms with Crippen molar-refractivity contribution >= 4 is 11.9 Å². The number of nitrogens with zero attached hydrogens (tertiary/aromatic N) is 2. The van der Waals surface area contributed by atoms with Crippen LogP contribution < -0.4 is 0 Å². The summed E-state index contributed by atoms with van der Waals surface area (Å²) in [6, 6.07) is 4.02. The smallest absolute Gasteiger partial charge is 0.410 e. The van der Waals surface area contributed by atoms with Gasteiger partial charge in [-0.15, -0.1) is 0 Å². The number of allylic oxidation sites excluding steroid dienone is 1. The number of ether oxygens (including phenoxy) is 1. The largest absolute Gasteiger partial charge is 0.445 e. The Morgan fingerprint density at radius 1 is 1.28 bits per heavy atom. The number of carbonyl (C=O) groups is 2. The summed E-state index contributed by atoms with van der Waals surface area (Å²) < 4.78 is 5.84. The summed E-state index contributed by atoms with van der Waals surface area (Å²) in [5, 5.41) is 0. The van der Waals surface area contributed by atoms with Gasteiger partial charge in [-0.2, -0.15) is 0 Å². The van der Waals surface area contributed by atoms with Crippen LogP contribution in [-0.4, -0.2) is 41.0 Å². The lowest BCUT2D eigenvalue weighted by molar-refractivity contribution is -0.120. The van der Waals surface area contributed by atoms with Gasteiger partial charge < -0.3 is 9.64 Å². The number of rotatable bonds is 2. The van der Waals surface area contributed by atoms with E-state index < -0.39 is 0 Å². The van der Waals surface area contributed by atoms with Crippen molar-refractivity contribution in [1.29, 1.82) is 0 Å². The Hall–Kier alpha value is -2.17. The predicted octanol–water partition coefficient (Wildman–Crippen LogP) is 3.57. The second-order valence-corrected chi connectivity index (χ2v) is 7.27. The molecule has 0 N–H and O–H groups in total. The number of amides is 1. The highest BCUT2D eigenvalue weighted by Crippen LogP contribution is 2.29. The maximum atomic E-state index is 12.6. The van der Waals surface area contributed by atoms with E-state index in [-0.39, 0.29) is 29.8 Å². The lowest BCUT2D eigenvalue weighted by Gasteiger charge is -2.30. The Bertz CT molecular complexity index is 644. The fraction of sp³-hybridized carbons (Fsp3) is 0.550. The van der Waals surface area contributed by atoms with E-state index in [2.05, 4.69) is 4.98 Å². The lowest BCUT2D eigenvalue weighted by Crippen LogP contribution is -2.38. The predicted molar refractivity (Wildman–Crippen MR) is 95.1 cm³/mol. The minimum Gasteiger partial charge on any atom is -0.445 e. The van der Waals surface area contributed by atoms with Crippen LogP contribution in [0.15, 0.2) is 36.7 Å². The van der Waals surface area contributed by atoms with Crippen LogP contribution in [0.3, 0.4) is 0 Å². The van der Waals surface area contributed by atoms with E-state index in [0.717, 1.165) is 6.42 Å². The van der Waals surface area contributed by atoms with Gasteiger partial charge >= 0.3 is 6.09 Å². The van der Waals surface area contributed by atoms with E-state index >= 15 is 0 Å². The Kier molecular flexibility index (Phi) is 5.51. The van der Waals surface area contributed by atoms with Gasteiger partial charge in [0.1, 0.15) is 11.9 Å². The molecule has 2 aliphatic rings. The summed E-state index contributed by atoms with van der Waals surface area (Å²) in [6.45, 7) is 5.42. The van der Waals surface area contributed by atoms with Gasteiger partial charge in [0.05, 0.1) is 0 Å². The maximum Gasteiger partial charge on any atom is 0.410 e. The summed E-state index contributed by atoms with van der Waals surface area (Å²) in [6.07, 6.45) is 8.84. The molecule has 1 amide bonds. The van der Waals surface area contributed by atoms with Gasteiger partial charge in [0.25, 0.3) is 0 Å². The van der Waals surface area contributed by atoms with E-state index in [1.54, 1.807) is 17.3 Å². The second-order valence-electron chi connectivity index (χ2n) is 7.27. The summed E-state index contributed by atoms with van der Waals surface area (Å²) in [5.41, 5.74) is 1.21. The van der Waals surface area contributed by atoms with Crippen LogP contribution in [0.4, 0.5) is 4.79 Å². The van der Waals surface area contributed by atoms with Crippen molar-refractivity contribution in [3.05, 3.63) is 42.2 Å². The zero-order valence-corrected chi connectivity index (χ0v) is 14.9. The van der Waals surface area contributed by atoms with Crippen molar-refractivity contribution in [3.8, 4) is 0 Å². The van der Waals surface area contributed by atoms with E-state index in [0.29, 0.717) is 31.8 Å². The molecular weight excluding hydrogens is 316 g/mol. The van der Waals surface area contributed by atoms with Crippen LogP contribution in [-0.2, 0) is 9.53 Å². The van der Waals surface area contributed by atoms with Crippen molar-refractivity contribution in [2.24, 2.45) is 11.8 Å².